The SMILES string of the molecule is Cc1c(CN(C)C(=O)/C=C/c2cnc3c(c2)CCC(=O)N3COP(=O)(O)O[NH+](C)C)oc2ccccc12. The maximum absolute atomic E-state index is 12.7. The van der Waals surface area contributed by atoms with Crippen molar-refractivity contribution >= 4 is 42.5 Å². The van der Waals surface area contributed by atoms with Crippen LogP contribution in [0.3, 0.4) is 0 Å². The Bertz CT molecular complexity index is 1400. The van der Waals surface area contributed by atoms with Gasteiger partial charge in [-0.25, -0.2) is 9.55 Å². The Morgan fingerprint density at radius 1 is 1.32 bits per heavy atom. The van der Waals surface area contributed by atoms with Gasteiger partial charge in [-0.3, -0.25) is 23.9 Å². The Morgan fingerprint density at radius 3 is 2.81 bits per heavy atom. The first-order chi connectivity index (χ1) is 17.5. The van der Waals surface area contributed by atoms with Crippen LogP contribution in [0.5, 0.6) is 0 Å². The maximum Gasteiger partial charge on any atom is 0.520 e. The van der Waals surface area contributed by atoms with Crippen LogP contribution in [0.2, 0.25) is 0 Å². The molecule has 4 rings (SSSR count). The number of benzene rings is 1. The van der Waals surface area contributed by atoms with Crippen LogP contribution in [-0.4, -0.2) is 54.5 Å². The molecule has 2 amide bonds. The topological polar surface area (TPSA) is 127 Å². The molecule has 0 saturated carbocycles. The normalized spacial score (nSPS) is 15.4. The van der Waals surface area contributed by atoms with E-state index in [1.807, 2.05) is 37.3 Å². The second-order valence-electron chi connectivity index (χ2n) is 8.97. The standard InChI is InChI=1S/C25H29N4O7P/c1-17-20-7-5-6-8-21(20)35-22(17)15-28(4)23(30)11-9-18-13-19-10-12-24(31)29(25(19)26-14-18)16-34-37(32,33)36-27(2)3/h5-9,11,13-14H,10,12,15-16H2,1-4H3,(H,32,33)/p+1/b11-9+. The van der Waals surface area contributed by atoms with Crippen molar-refractivity contribution in [2.24, 2.45) is 0 Å². The number of aromatic nitrogens is 1. The van der Waals surface area contributed by atoms with E-state index in [2.05, 4.69) is 4.98 Å². The number of amides is 2. The minimum atomic E-state index is -4.35. The summed E-state index contributed by atoms with van der Waals surface area (Å²) < 4.78 is 27.7. The maximum atomic E-state index is 12.7. The van der Waals surface area contributed by atoms with Gasteiger partial charge in [0.1, 0.15) is 23.9 Å². The van der Waals surface area contributed by atoms with E-state index in [-0.39, 0.29) is 23.3 Å². The lowest BCUT2D eigenvalue weighted by atomic mass is 10.0. The number of phosphoric ester groups is 1. The predicted octanol–water partition coefficient (Wildman–Crippen LogP) is 2.24. The summed E-state index contributed by atoms with van der Waals surface area (Å²) in [6.07, 6.45) is 5.28. The fraction of sp³-hybridized carbons (Fsp3) is 0.320. The molecule has 0 radical (unpaired) electrons. The number of carbonyl (C=O) groups is 2. The number of hydrogen-bond acceptors (Lipinski definition) is 7. The highest BCUT2D eigenvalue weighted by Gasteiger charge is 2.31. The first kappa shape index (κ1) is 26.7. The third-order valence-electron chi connectivity index (χ3n) is 5.89. The zero-order valence-electron chi connectivity index (χ0n) is 21.1. The Balaban J connectivity index is 1.42. The predicted molar refractivity (Wildman–Crippen MR) is 136 cm³/mol. The number of anilines is 1. The largest absolute Gasteiger partial charge is 0.520 e. The highest BCUT2D eigenvalue weighted by atomic mass is 31.2. The van der Waals surface area contributed by atoms with Crippen molar-refractivity contribution in [2.75, 3.05) is 32.8 Å². The number of aryl methyl sites for hydroxylation is 2. The fourth-order valence-electron chi connectivity index (χ4n) is 4.02. The Kier molecular flexibility index (Phi) is 7.91. The smallest absolute Gasteiger partial charge is 0.459 e. The molecule has 1 aromatic carbocycles. The van der Waals surface area contributed by atoms with Crippen LogP contribution in [0.15, 0.2) is 47.0 Å². The van der Waals surface area contributed by atoms with Gasteiger partial charge in [0.05, 0.1) is 20.6 Å². The number of quaternary nitrogens is 1. The fourth-order valence-corrected chi connectivity index (χ4v) is 4.79. The molecule has 0 saturated heterocycles. The van der Waals surface area contributed by atoms with E-state index in [9.17, 15) is 19.0 Å². The highest BCUT2D eigenvalue weighted by Crippen LogP contribution is 2.41. The average Bonchev–Trinajstić information content (AvgIpc) is 3.16. The van der Waals surface area contributed by atoms with Crippen molar-refractivity contribution in [3.8, 4) is 0 Å². The molecule has 0 fully saturated rings. The molecule has 37 heavy (non-hydrogen) atoms. The van der Waals surface area contributed by atoms with Crippen LogP contribution >= 0.6 is 7.82 Å². The van der Waals surface area contributed by atoms with E-state index >= 15 is 0 Å². The summed E-state index contributed by atoms with van der Waals surface area (Å²) in [5, 5.41) is 1.29. The van der Waals surface area contributed by atoms with E-state index in [0.717, 1.165) is 27.9 Å². The van der Waals surface area contributed by atoms with Gasteiger partial charge in [-0.05, 0) is 42.7 Å². The summed E-state index contributed by atoms with van der Waals surface area (Å²) in [4.78, 5) is 42.1. The van der Waals surface area contributed by atoms with Crippen LogP contribution in [-0.2, 0) is 36.3 Å². The van der Waals surface area contributed by atoms with Gasteiger partial charge in [0.15, 0.2) is 0 Å². The van der Waals surface area contributed by atoms with Crippen LogP contribution in [0.4, 0.5) is 5.82 Å². The molecule has 0 aliphatic carbocycles. The molecule has 12 heteroatoms. The number of carbonyl (C=O) groups excluding carboxylic acids is 2. The molecule has 196 valence electrons. The van der Waals surface area contributed by atoms with Crippen molar-refractivity contribution < 1.29 is 37.7 Å². The third kappa shape index (κ3) is 6.33. The number of likely N-dealkylation sites (N-methyl/N-ethyl adjacent to an activating group) is 1. The zero-order valence-corrected chi connectivity index (χ0v) is 22.0. The number of fused-ring (bicyclic) bond motifs is 2. The molecule has 3 aromatic rings. The summed E-state index contributed by atoms with van der Waals surface area (Å²) in [6.45, 7) is 1.83. The van der Waals surface area contributed by atoms with Crippen LogP contribution < -0.4 is 9.96 Å². The van der Waals surface area contributed by atoms with Crippen molar-refractivity contribution in [2.45, 2.75) is 26.3 Å². The van der Waals surface area contributed by atoms with Gasteiger partial charge in [0.25, 0.3) is 0 Å². The zero-order chi connectivity index (χ0) is 26.7. The lowest BCUT2D eigenvalue weighted by molar-refractivity contribution is -1.04. The number of hydrogen-bond donors (Lipinski definition) is 2. The molecule has 1 atom stereocenters. The first-order valence-corrected chi connectivity index (χ1v) is 13.2. The molecular formula is C25H30N4O7P+. The number of para-hydroxylation sites is 1. The van der Waals surface area contributed by atoms with E-state index in [4.69, 9.17) is 13.6 Å². The van der Waals surface area contributed by atoms with Gasteiger partial charge in [-0.2, -0.15) is 5.06 Å². The average molecular weight is 530 g/mol. The number of rotatable bonds is 9. The minimum absolute atomic E-state index is 0.194. The van der Waals surface area contributed by atoms with Crippen molar-refractivity contribution in [3.05, 3.63) is 65.1 Å². The van der Waals surface area contributed by atoms with E-state index in [1.165, 1.54) is 31.3 Å². The van der Waals surface area contributed by atoms with Crippen LogP contribution in [0.1, 0.15) is 28.9 Å². The Hall–Kier alpha value is -3.34. The van der Waals surface area contributed by atoms with Gasteiger partial charge in [-0.15, -0.1) is 0 Å². The summed E-state index contributed by atoms with van der Waals surface area (Å²) >= 11 is 0. The van der Waals surface area contributed by atoms with Gasteiger partial charge in [0.2, 0.25) is 11.8 Å². The molecule has 11 nitrogen and oxygen atoms in total. The Morgan fingerprint density at radius 2 is 2.08 bits per heavy atom. The van der Waals surface area contributed by atoms with E-state index in [0.29, 0.717) is 24.3 Å². The third-order valence-corrected chi connectivity index (χ3v) is 6.93. The second kappa shape index (κ2) is 11.0. The monoisotopic (exact) mass is 529 g/mol. The lowest BCUT2D eigenvalue weighted by Gasteiger charge is -2.28. The molecule has 1 unspecified atom stereocenters. The Labute approximate surface area is 214 Å². The van der Waals surface area contributed by atoms with Gasteiger partial charge < -0.3 is 9.32 Å². The number of nitrogens with zero attached hydrogens (tertiary/aromatic N) is 3. The van der Waals surface area contributed by atoms with Crippen LogP contribution in [0.25, 0.3) is 17.0 Å². The van der Waals surface area contributed by atoms with Gasteiger partial charge in [-0.1, -0.05) is 22.8 Å². The molecule has 3 heterocycles. The van der Waals surface area contributed by atoms with Gasteiger partial charge in [0, 0.05) is 36.7 Å². The molecule has 0 bridgehead atoms. The minimum Gasteiger partial charge on any atom is -0.459 e. The number of pyridine rings is 1. The number of nitrogens with one attached hydrogen (secondary N) is 1. The second-order valence-corrected chi connectivity index (χ2v) is 10.4. The van der Waals surface area contributed by atoms with Crippen molar-refractivity contribution in [1.29, 1.82) is 0 Å². The molecule has 1 aliphatic rings. The molecule has 0 spiro atoms. The number of phosphoric acid groups is 1. The molecule has 2 N–H and O–H groups in total. The van der Waals surface area contributed by atoms with E-state index < -0.39 is 14.6 Å². The number of hydroxylamine groups is 2. The van der Waals surface area contributed by atoms with Crippen molar-refractivity contribution in [1.82, 2.24) is 9.88 Å². The van der Waals surface area contributed by atoms with Gasteiger partial charge >= 0.3 is 7.82 Å². The molecular weight excluding hydrogens is 499 g/mol. The highest BCUT2D eigenvalue weighted by molar-refractivity contribution is 7.47. The lowest BCUT2D eigenvalue weighted by Crippen LogP contribution is -3.04. The quantitative estimate of drug-likeness (QED) is 0.246. The molecule has 1 aliphatic heterocycles. The summed E-state index contributed by atoms with van der Waals surface area (Å²) in [6, 6.07) is 9.58. The molecule has 2 aromatic heterocycles. The number of furan rings is 1. The van der Waals surface area contributed by atoms with Crippen LogP contribution in [0, 0.1) is 6.92 Å². The first-order valence-electron chi connectivity index (χ1n) is 11.7. The van der Waals surface area contributed by atoms with E-state index in [1.54, 1.807) is 18.0 Å². The summed E-state index contributed by atoms with van der Waals surface area (Å²) in [5.74, 6) is 0.592. The van der Waals surface area contributed by atoms with Crippen molar-refractivity contribution in [3.63, 3.8) is 0 Å². The summed E-state index contributed by atoms with van der Waals surface area (Å²) in [7, 11) is 0.394. The summed E-state index contributed by atoms with van der Waals surface area (Å²) in [5.41, 5.74) is 3.24.